The van der Waals surface area contributed by atoms with E-state index in [4.69, 9.17) is 4.74 Å². The molecule has 176 valence electrons. The standard InChI is InChI=1S/C22H31N3O6S/c1-7-8-12-24(6)32(29,30)21-16(5)23-15(4)19(22(26)31-14(2)3)20(21)17-10-9-11-18(13-17)25(27)28/h9-11,13-14,20,23H,7-8,12H2,1-6H3. The molecule has 0 aromatic heterocycles. The van der Waals surface area contributed by atoms with Crippen molar-refractivity contribution in [3.8, 4) is 0 Å². The number of non-ortho nitro benzene ring substituents is 1. The number of dihydropyridines is 1. The maximum Gasteiger partial charge on any atom is 0.337 e. The summed E-state index contributed by atoms with van der Waals surface area (Å²) in [7, 11) is -2.50. The first-order valence-electron chi connectivity index (χ1n) is 10.5. The van der Waals surface area contributed by atoms with Gasteiger partial charge in [0.15, 0.2) is 0 Å². The molecule has 1 aliphatic heterocycles. The minimum absolute atomic E-state index is 0.0158. The molecular weight excluding hydrogens is 434 g/mol. The molecule has 0 amide bonds. The van der Waals surface area contributed by atoms with E-state index in [1.807, 2.05) is 6.92 Å². The zero-order chi connectivity index (χ0) is 24.2. The number of ether oxygens (including phenoxy) is 1. The second kappa shape index (κ2) is 10.3. The van der Waals surface area contributed by atoms with Crippen LogP contribution in [0, 0.1) is 10.1 Å². The van der Waals surface area contributed by atoms with E-state index in [1.165, 1.54) is 29.6 Å². The minimum Gasteiger partial charge on any atom is -0.460 e. The van der Waals surface area contributed by atoms with Crippen molar-refractivity contribution in [2.75, 3.05) is 13.6 Å². The van der Waals surface area contributed by atoms with Gasteiger partial charge in [-0.25, -0.2) is 17.5 Å². The first-order chi connectivity index (χ1) is 14.9. The highest BCUT2D eigenvalue weighted by Gasteiger charge is 2.42. The molecule has 0 fully saturated rings. The van der Waals surface area contributed by atoms with E-state index in [1.54, 1.807) is 33.8 Å². The number of benzene rings is 1. The van der Waals surface area contributed by atoms with Crippen LogP contribution in [0.25, 0.3) is 0 Å². The van der Waals surface area contributed by atoms with Crippen LogP contribution in [0.2, 0.25) is 0 Å². The molecule has 0 spiro atoms. The summed E-state index contributed by atoms with van der Waals surface area (Å²) in [6, 6.07) is 5.70. The van der Waals surface area contributed by atoms with Gasteiger partial charge < -0.3 is 10.1 Å². The van der Waals surface area contributed by atoms with Crippen LogP contribution < -0.4 is 5.32 Å². The highest BCUT2D eigenvalue weighted by Crippen LogP contribution is 2.42. The highest BCUT2D eigenvalue weighted by atomic mass is 32.2. The van der Waals surface area contributed by atoms with Crippen molar-refractivity contribution in [1.82, 2.24) is 9.62 Å². The summed E-state index contributed by atoms with van der Waals surface area (Å²) in [5.41, 5.74) is 1.07. The molecule has 0 saturated heterocycles. The Labute approximate surface area is 189 Å². The number of nitrogens with zero attached hydrogens (tertiary/aromatic N) is 2. The molecule has 0 bridgehead atoms. The maximum absolute atomic E-state index is 13.6. The van der Waals surface area contributed by atoms with Crippen molar-refractivity contribution < 1.29 is 22.9 Å². The molecule has 10 heteroatoms. The SMILES string of the molecule is CCCCN(C)S(=O)(=O)C1=C(C)NC(C)=C(C(=O)OC(C)C)C1c1cccc([N+](=O)[O-])c1. The molecule has 0 saturated carbocycles. The molecular formula is C22H31N3O6S. The first kappa shape index (κ1) is 25.5. The van der Waals surface area contributed by atoms with Gasteiger partial charge in [-0.1, -0.05) is 25.5 Å². The van der Waals surface area contributed by atoms with E-state index in [0.29, 0.717) is 29.9 Å². The molecule has 1 N–H and O–H groups in total. The zero-order valence-electron chi connectivity index (χ0n) is 19.3. The third kappa shape index (κ3) is 5.36. The summed E-state index contributed by atoms with van der Waals surface area (Å²) in [5.74, 6) is -1.71. The zero-order valence-corrected chi connectivity index (χ0v) is 20.2. The Morgan fingerprint density at radius 1 is 1.28 bits per heavy atom. The van der Waals surface area contributed by atoms with Crippen LogP contribution in [-0.4, -0.2) is 43.3 Å². The summed E-state index contributed by atoms with van der Waals surface area (Å²) >= 11 is 0. The van der Waals surface area contributed by atoms with Gasteiger partial charge in [-0.3, -0.25) is 10.1 Å². The Morgan fingerprint density at radius 2 is 1.94 bits per heavy atom. The number of hydrogen-bond acceptors (Lipinski definition) is 7. The Hall–Kier alpha value is -2.72. The Kier molecular flexibility index (Phi) is 8.19. The van der Waals surface area contributed by atoms with Crippen molar-refractivity contribution in [2.45, 2.75) is 59.5 Å². The van der Waals surface area contributed by atoms with Crippen LogP contribution in [0.4, 0.5) is 5.69 Å². The number of unbranched alkanes of at least 4 members (excludes halogenated alkanes) is 1. The van der Waals surface area contributed by atoms with Gasteiger partial charge in [0, 0.05) is 37.1 Å². The van der Waals surface area contributed by atoms with Crippen LogP contribution >= 0.6 is 0 Å². The molecule has 1 heterocycles. The van der Waals surface area contributed by atoms with Crippen molar-refractivity contribution >= 4 is 21.7 Å². The van der Waals surface area contributed by atoms with Gasteiger partial charge in [-0.05, 0) is 39.7 Å². The summed E-state index contributed by atoms with van der Waals surface area (Å²) < 4.78 is 33.9. The molecule has 0 radical (unpaired) electrons. The van der Waals surface area contributed by atoms with Crippen molar-refractivity contribution in [3.63, 3.8) is 0 Å². The number of nitro benzene ring substituents is 1. The molecule has 0 aliphatic carbocycles. The van der Waals surface area contributed by atoms with E-state index in [-0.39, 0.29) is 16.2 Å². The van der Waals surface area contributed by atoms with E-state index >= 15 is 0 Å². The molecule has 1 unspecified atom stereocenters. The number of sulfonamides is 1. The van der Waals surface area contributed by atoms with Crippen LogP contribution in [0.3, 0.4) is 0 Å². The average Bonchev–Trinajstić information content (AvgIpc) is 2.70. The number of nitrogens with one attached hydrogen (secondary N) is 1. The van der Waals surface area contributed by atoms with Gasteiger partial charge >= 0.3 is 5.97 Å². The van der Waals surface area contributed by atoms with E-state index in [9.17, 15) is 23.3 Å². The molecule has 2 rings (SSSR count). The number of rotatable bonds is 9. The predicted molar refractivity (Wildman–Crippen MR) is 122 cm³/mol. The summed E-state index contributed by atoms with van der Waals surface area (Å²) in [6.45, 7) is 8.96. The Morgan fingerprint density at radius 3 is 2.50 bits per heavy atom. The summed E-state index contributed by atoms with van der Waals surface area (Å²) in [6.07, 6.45) is 1.07. The first-order valence-corrected chi connectivity index (χ1v) is 12.0. The molecule has 32 heavy (non-hydrogen) atoms. The lowest BCUT2D eigenvalue weighted by Crippen LogP contribution is -2.38. The van der Waals surface area contributed by atoms with E-state index in [0.717, 1.165) is 6.42 Å². The number of carbonyl (C=O) groups excluding carboxylic acids is 1. The van der Waals surface area contributed by atoms with Crippen LogP contribution in [0.15, 0.2) is 46.1 Å². The molecule has 1 aromatic rings. The Bertz CT molecular complexity index is 1060. The normalized spacial score (nSPS) is 17.1. The fraction of sp³-hybridized carbons (Fsp3) is 0.500. The Balaban J connectivity index is 2.75. The number of allylic oxidation sites excluding steroid dienone is 3. The van der Waals surface area contributed by atoms with Crippen molar-refractivity contribution in [3.05, 3.63) is 61.8 Å². The van der Waals surface area contributed by atoms with Gasteiger partial charge in [0.25, 0.3) is 5.69 Å². The van der Waals surface area contributed by atoms with Crippen molar-refractivity contribution in [2.24, 2.45) is 0 Å². The van der Waals surface area contributed by atoms with Gasteiger partial charge in [0.1, 0.15) is 0 Å². The van der Waals surface area contributed by atoms with Gasteiger partial charge in [0.05, 0.1) is 27.4 Å². The molecule has 1 aliphatic rings. The summed E-state index contributed by atoms with van der Waals surface area (Å²) in [5, 5.41) is 14.4. The molecule has 1 aromatic carbocycles. The lowest BCUT2D eigenvalue weighted by molar-refractivity contribution is -0.384. The van der Waals surface area contributed by atoms with Crippen LogP contribution in [0.5, 0.6) is 0 Å². The van der Waals surface area contributed by atoms with Gasteiger partial charge in [-0.2, -0.15) is 0 Å². The smallest absolute Gasteiger partial charge is 0.337 e. The van der Waals surface area contributed by atoms with Crippen LogP contribution in [0.1, 0.15) is 58.9 Å². The highest BCUT2D eigenvalue weighted by molar-refractivity contribution is 7.93. The summed E-state index contributed by atoms with van der Waals surface area (Å²) in [4.78, 5) is 23.9. The average molecular weight is 466 g/mol. The molecule has 9 nitrogen and oxygen atoms in total. The molecule has 1 atom stereocenters. The van der Waals surface area contributed by atoms with Crippen LogP contribution in [-0.2, 0) is 19.6 Å². The quantitative estimate of drug-likeness (QED) is 0.335. The lowest BCUT2D eigenvalue weighted by Gasteiger charge is -2.33. The second-order valence-corrected chi connectivity index (χ2v) is 10.1. The third-order valence-electron chi connectivity index (χ3n) is 5.19. The van der Waals surface area contributed by atoms with Crippen molar-refractivity contribution in [1.29, 1.82) is 0 Å². The monoisotopic (exact) mass is 465 g/mol. The number of hydrogen-bond donors (Lipinski definition) is 1. The van der Waals surface area contributed by atoms with Gasteiger partial charge in [0.2, 0.25) is 10.0 Å². The third-order valence-corrected chi connectivity index (χ3v) is 7.29. The fourth-order valence-corrected chi connectivity index (χ4v) is 5.36. The number of nitro groups is 1. The topological polar surface area (TPSA) is 119 Å². The maximum atomic E-state index is 13.6. The fourth-order valence-electron chi connectivity index (χ4n) is 3.67. The minimum atomic E-state index is -3.99. The van der Waals surface area contributed by atoms with E-state index < -0.39 is 32.9 Å². The van der Waals surface area contributed by atoms with Gasteiger partial charge in [-0.15, -0.1) is 0 Å². The number of carbonyl (C=O) groups is 1. The predicted octanol–water partition coefficient (Wildman–Crippen LogP) is 3.80. The second-order valence-electron chi connectivity index (χ2n) is 8.07. The lowest BCUT2D eigenvalue weighted by atomic mass is 9.86. The largest absolute Gasteiger partial charge is 0.460 e. The number of esters is 1. The van der Waals surface area contributed by atoms with E-state index in [2.05, 4.69) is 5.32 Å².